The molecular formula is C59H90N10O11S. The molecule has 2 aromatic carbocycles. The van der Waals surface area contributed by atoms with E-state index in [2.05, 4.69) is 21.3 Å². The summed E-state index contributed by atoms with van der Waals surface area (Å²) in [7, 11) is 1.88. The molecule has 0 spiro atoms. The Balaban J connectivity index is 1.07. The minimum atomic E-state index is -1.07. The van der Waals surface area contributed by atoms with Gasteiger partial charge in [-0.2, -0.15) is 0 Å². The third-order valence-corrected chi connectivity index (χ3v) is 16.7. The third kappa shape index (κ3) is 25.4. The number of carbonyl (C=O) groups is 8. The maximum Gasteiger partial charge on any atom is 0.317 e. The van der Waals surface area contributed by atoms with E-state index >= 15 is 0 Å². The van der Waals surface area contributed by atoms with Crippen molar-refractivity contribution in [2.24, 2.45) is 0 Å². The number of likely N-dealkylation sites (N-methyl/N-ethyl adjacent to an activating group) is 1. The first-order valence-electron chi connectivity index (χ1n) is 29.3. The number of imide groups is 1. The number of carboxylic acids is 3. The van der Waals surface area contributed by atoms with Gasteiger partial charge in [-0.25, -0.2) is 0 Å². The van der Waals surface area contributed by atoms with Crippen molar-refractivity contribution in [1.82, 2.24) is 45.8 Å². The third-order valence-electron chi connectivity index (χ3n) is 15.4. The van der Waals surface area contributed by atoms with Crippen molar-refractivity contribution >= 4 is 65.0 Å². The van der Waals surface area contributed by atoms with Crippen LogP contribution in [0.5, 0.6) is 0 Å². The number of benzene rings is 2. The SMILES string of the molecule is CC(CCCCN1C(=O)CC(SCCCC(=N)NC2CCCCCCCCCC2)C1=O)NC(=O)CNC(=O)C(Cc1ccccc1)NC(=O)c1ccc(CC2CN(CC(=O)O)CCN(CC(=O)O)CCN(C)CCN2CC(=O)O)cc1. The molecule has 1 saturated carbocycles. The number of unbranched alkanes of at least 4 members (excludes halogenated alkanes) is 1. The first kappa shape index (κ1) is 65.9. The zero-order valence-electron chi connectivity index (χ0n) is 47.8. The topological polar surface area (TPSA) is 285 Å². The summed E-state index contributed by atoms with van der Waals surface area (Å²) in [6, 6.07) is 14.4. The highest BCUT2D eigenvalue weighted by molar-refractivity contribution is 8.00. The van der Waals surface area contributed by atoms with Crippen molar-refractivity contribution in [2.75, 3.05) is 91.3 Å². The summed E-state index contributed by atoms with van der Waals surface area (Å²) in [5.41, 5.74) is 1.78. The molecule has 1 aliphatic carbocycles. The van der Waals surface area contributed by atoms with E-state index in [1.807, 2.05) is 54.1 Å². The van der Waals surface area contributed by atoms with Gasteiger partial charge in [-0.15, -0.1) is 11.8 Å². The van der Waals surface area contributed by atoms with E-state index in [4.69, 9.17) is 5.41 Å². The van der Waals surface area contributed by atoms with Crippen molar-refractivity contribution in [3.8, 4) is 0 Å². The van der Waals surface area contributed by atoms with Crippen molar-refractivity contribution in [3.05, 3.63) is 71.3 Å². The number of hydrogen-bond acceptors (Lipinski definition) is 14. The number of amidine groups is 1. The molecule has 448 valence electrons. The van der Waals surface area contributed by atoms with Gasteiger partial charge in [0.1, 0.15) is 6.04 Å². The number of aliphatic carboxylic acids is 3. The van der Waals surface area contributed by atoms with Crippen LogP contribution in [0.2, 0.25) is 0 Å². The smallest absolute Gasteiger partial charge is 0.317 e. The molecular weight excluding hydrogens is 1060 g/mol. The van der Waals surface area contributed by atoms with Gasteiger partial charge in [-0.3, -0.25) is 63.4 Å². The fraction of sp³-hybridized carbons (Fsp3) is 0.644. The quantitative estimate of drug-likeness (QED) is 0.0268. The van der Waals surface area contributed by atoms with Gasteiger partial charge in [0.2, 0.25) is 23.6 Å². The Morgan fingerprint density at radius 2 is 1.33 bits per heavy atom. The van der Waals surface area contributed by atoms with Crippen LogP contribution in [0.4, 0.5) is 0 Å². The van der Waals surface area contributed by atoms with Crippen molar-refractivity contribution in [2.45, 2.75) is 152 Å². The normalized spacial score (nSPS) is 20.0. The Labute approximate surface area is 482 Å². The minimum Gasteiger partial charge on any atom is -0.480 e. The van der Waals surface area contributed by atoms with E-state index in [9.17, 15) is 53.7 Å². The Morgan fingerprint density at radius 3 is 2.00 bits per heavy atom. The van der Waals surface area contributed by atoms with Crippen LogP contribution in [0.3, 0.4) is 0 Å². The van der Waals surface area contributed by atoms with Gasteiger partial charge in [-0.05, 0) is 87.9 Å². The van der Waals surface area contributed by atoms with Gasteiger partial charge in [0, 0.05) is 95.3 Å². The number of nitrogens with one attached hydrogen (secondary N) is 5. The summed E-state index contributed by atoms with van der Waals surface area (Å²) < 4.78 is 0. The summed E-state index contributed by atoms with van der Waals surface area (Å²) in [5.74, 6) is -3.70. The van der Waals surface area contributed by atoms with E-state index in [1.165, 1.54) is 68.0 Å². The molecule has 2 aromatic rings. The van der Waals surface area contributed by atoms with E-state index < -0.39 is 53.0 Å². The highest BCUT2D eigenvalue weighted by atomic mass is 32.2. The molecule has 3 fully saturated rings. The first-order valence-corrected chi connectivity index (χ1v) is 30.3. The lowest BCUT2D eigenvalue weighted by Crippen LogP contribution is -2.52. The average molecular weight is 1150 g/mol. The molecule has 0 radical (unpaired) electrons. The monoisotopic (exact) mass is 1150 g/mol. The molecule has 2 aliphatic heterocycles. The lowest BCUT2D eigenvalue weighted by molar-refractivity contribution is -0.141. The lowest BCUT2D eigenvalue weighted by Gasteiger charge is -2.37. The molecule has 81 heavy (non-hydrogen) atoms. The molecule has 2 saturated heterocycles. The standard InChI is InChI=1S/C59H90N10O11S/c1-43(17-14-15-27-69-53(71)37-50(59(69)80)81-34-16-22-51(60)63-47-20-12-7-5-3-4-6-8-13-21-47)62-52(70)38-61-58(79)49(36-44-18-10-9-11-19-44)64-57(78)46-25-23-45(24-26-46)35-48-39-67(41-55(74)75)32-31-66(40-54(72)73)30-28-65(2)29-33-68(48)42-56(76)77/h9-11,18-19,23-26,43,47-50H,3-8,12-17,20-22,27-42H2,1-2H3,(H2,60,63)(H,61,79)(H,62,70)(H,64,78)(H,72,73)(H,74,75)(H,76,77). The van der Waals surface area contributed by atoms with Crippen molar-refractivity contribution in [1.29, 1.82) is 5.41 Å². The zero-order chi connectivity index (χ0) is 58.5. The maximum atomic E-state index is 13.8. The summed E-state index contributed by atoms with van der Waals surface area (Å²) in [4.78, 5) is 111. The van der Waals surface area contributed by atoms with Crippen molar-refractivity contribution in [3.63, 3.8) is 0 Å². The van der Waals surface area contributed by atoms with E-state index in [0.717, 1.165) is 30.4 Å². The van der Waals surface area contributed by atoms with Crippen LogP contribution in [0, 0.1) is 5.41 Å². The highest BCUT2D eigenvalue weighted by Gasteiger charge is 2.38. The van der Waals surface area contributed by atoms with Crippen LogP contribution in [0.1, 0.15) is 131 Å². The fourth-order valence-corrected chi connectivity index (χ4v) is 11.9. The fourth-order valence-electron chi connectivity index (χ4n) is 10.8. The predicted octanol–water partition coefficient (Wildman–Crippen LogP) is 4.33. The summed E-state index contributed by atoms with van der Waals surface area (Å²) in [6.07, 6.45) is 16.2. The summed E-state index contributed by atoms with van der Waals surface area (Å²) in [5, 5.41) is 49.3. The van der Waals surface area contributed by atoms with Crippen LogP contribution < -0.4 is 21.3 Å². The Kier molecular flexibility index (Phi) is 29.1. The Hall–Kier alpha value is -5.94. The molecule has 5 rings (SSSR count). The molecule has 5 amide bonds. The zero-order valence-corrected chi connectivity index (χ0v) is 48.6. The lowest BCUT2D eigenvalue weighted by atomic mass is 10.0. The van der Waals surface area contributed by atoms with Crippen LogP contribution in [0.25, 0.3) is 0 Å². The Morgan fingerprint density at radius 1 is 0.716 bits per heavy atom. The number of carboxylic acid groups (broad SMARTS) is 3. The van der Waals surface area contributed by atoms with Gasteiger partial charge in [-0.1, -0.05) is 93.8 Å². The molecule has 8 N–H and O–H groups in total. The molecule has 21 nitrogen and oxygen atoms in total. The second-order valence-electron chi connectivity index (χ2n) is 22.2. The van der Waals surface area contributed by atoms with E-state index in [-0.39, 0.29) is 75.5 Å². The van der Waals surface area contributed by atoms with Gasteiger partial charge < -0.3 is 41.5 Å². The number of amides is 5. The van der Waals surface area contributed by atoms with Crippen LogP contribution >= 0.6 is 11.8 Å². The highest BCUT2D eigenvalue weighted by Crippen LogP contribution is 2.27. The largest absolute Gasteiger partial charge is 0.480 e. The molecule has 22 heteroatoms. The molecule has 3 aliphatic rings. The second-order valence-corrected chi connectivity index (χ2v) is 23.5. The van der Waals surface area contributed by atoms with Crippen LogP contribution in [-0.2, 0) is 46.4 Å². The number of hydrogen-bond donors (Lipinski definition) is 8. The van der Waals surface area contributed by atoms with Gasteiger partial charge >= 0.3 is 17.9 Å². The maximum absolute atomic E-state index is 13.8. The first-order chi connectivity index (χ1) is 38.9. The van der Waals surface area contributed by atoms with Crippen molar-refractivity contribution < 1.29 is 53.7 Å². The van der Waals surface area contributed by atoms with Crippen LogP contribution in [0.15, 0.2) is 54.6 Å². The number of likely N-dealkylation sites (tertiary alicyclic amines) is 1. The van der Waals surface area contributed by atoms with Gasteiger partial charge in [0.15, 0.2) is 0 Å². The molecule has 0 bridgehead atoms. The van der Waals surface area contributed by atoms with Gasteiger partial charge in [0.05, 0.1) is 37.3 Å². The number of rotatable bonds is 27. The number of carbonyl (C=O) groups excluding carboxylic acids is 5. The van der Waals surface area contributed by atoms with E-state index in [0.29, 0.717) is 89.0 Å². The number of thioether (sulfide) groups is 1. The summed E-state index contributed by atoms with van der Waals surface area (Å²) in [6.45, 7) is 3.49. The summed E-state index contributed by atoms with van der Waals surface area (Å²) >= 11 is 1.50. The molecule has 2 heterocycles. The Bertz CT molecular complexity index is 2340. The second kappa shape index (κ2) is 35.8. The molecule has 0 aromatic heterocycles. The molecule has 4 atom stereocenters. The average Bonchev–Trinajstić information content (AvgIpc) is 3.67. The minimum absolute atomic E-state index is 0.136. The predicted molar refractivity (Wildman–Crippen MR) is 312 cm³/mol. The van der Waals surface area contributed by atoms with Gasteiger partial charge in [0.25, 0.3) is 5.91 Å². The van der Waals surface area contributed by atoms with E-state index in [1.54, 1.807) is 34.1 Å². The number of nitrogens with zero attached hydrogens (tertiary/aromatic N) is 5. The molecule has 4 unspecified atom stereocenters. The van der Waals surface area contributed by atoms with Crippen LogP contribution in [-0.4, -0.2) is 214 Å².